The fourth-order valence-corrected chi connectivity index (χ4v) is 4.04. The third kappa shape index (κ3) is 4.28. The van der Waals surface area contributed by atoms with E-state index in [0.717, 1.165) is 18.8 Å². The number of ether oxygens (including phenoxy) is 1. The van der Waals surface area contributed by atoms with Crippen molar-refractivity contribution in [1.29, 1.82) is 0 Å². The molecule has 0 unspecified atom stereocenters. The summed E-state index contributed by atoms with van der Waals surface area (Å²) in [6.45, 7) is 7.96. The summed E-state index contributed by atoms with van der Waals surface area (Å²) >= 11 is 0. The van der Waals surface area contributed by atoms with Gasteiger partial charge in [-0.3, -0.25) is 4.79 Å². The monoisotopic (exact) mass is 330 g/mol. The lowest BCUT2D eigenvalue weighted by Gasteiger charge is -2.23. The maximum absolute atomic E-state index is 12.5. The average Bonchev–Trinajstić information content (AvgIpc) is 3.14. The van der Waals surface area contributed by atoms with Gasteiger partial charge in [0.05, 0.1) is 0 Å². The number of hydrogen-bond donors (Lipinski definition) is 0. The van der Waals surface area contributed by atoms with Crippen LogP contribution in [0.3, 0.4) is 0 Å². The minimum atomic E-state index is -0.257. The molecule has 1 aromatic rings. The normalized spacial score (nSPS) is 19.9. The van der Waals surface area contributed by atoms with Crippen molar-refractivity contribution in [2.24, 2.45) is 5.41 Å². The van der Waals surface area contributed by atoms with E-state index in [1.54, 1.807) is 0 Å². The standard InChI is InChI=1S/C20H30N2O2/c1-19(2,3)24-17-8-6-7-16(21-17)9-10-18(23)22-14-13-20(15-22)11-4-5-12-20/h6-8H,4-5,9-15H2,1-3H3. The molecule has 132 valence electrons. The molecule has 1 aliphatic carbocycles. The third-order valence-electron chi connectivity index (χ3n) is 5.24. The number of likely N-dealkylation sites (tertiary alicyclic amines) is 1. The van der Waals surface area contributed by atoms with Crippen LogP contribution in [0.15, 0.2) is 18.2 Å². The van der Waals surface area contributed by atoms with Crippen molar-refractivity contribution >= 4 is 5.91 Å². The van der Waals surface area contributed by atoms with Gasteiger partial charge in [-0.15, -0.1) is 0 Å². The van der Waals surface area contributed by atoms with Crippen LogP contribution in [0.1, 0.15) is 65.0 Å². The van der Waals surface area contributed by atoms with Gasteiger partial charge in [-0.2, -0.15) is 0 Å². The second kappa shape index (κ2) is 6.73. The van der Waals surface area contributed by atoms with Crippen molar-refractivity contribution in [3.05, 3.63) is 23.9 Å². The molecule has 1 aliphatic heterocycles. The van der Waals surface area contributed by atoms with Gasteiger partial charge in [0.15, 0.2) is 0 Å². The Kier molecular flexibility index (Phi) is 4.84. The maximum Gasteiger partial charge on any atom is 0.222 e. The molecule has 3 rings (SSSR count). The highest BCUT2D eigenvalue weighted by Gasteiger charge is 2.41. The molecular formula is C20H30N2O2. The van der Waals surface area contributed by atoms with Crippen LogP contribution < -0.4 is 4.74 Å². The summed E-state index contributed by atoms with van der Waals surface area (Å²) in [6.07, 6.45) is 7.73. The number of aryl methyl sites for hydroxylation is 1. The van der Waals surface area contributed by atoms with E-state index in [1.807, 2.05) is 39.0 Å². The Balaban J connectivity index is 1.52. The lowest BCUT2D eigenvalue weighted by Crippen LogP contribution is -2.31. The van der Waals surface area contributed by atoms with Crippen molar-refractivity contribution < 1.29 is 9.53 Å². The van der Waals surface area contributed by atoms with Crippen molar-refractivity contribution in [2.75, 3.05) is 13.1 Å². The molecule has 1 saturated heterocycles. The smallest absolute Gasteiger partial charge is 0.222 e. The van der Waals surface area contributed by atoms with Gasteiger partial charge in [0.25, 0.3) is 0 Å². The molecule has 1 spiro atoms. The van der Waals surface area contributed by atoms with E-state index < -0.39 is 0 Å². The molecule has 0 aromatic carbocycles. The first kappa shape index (κ1) is 17.2. The molecule has 1 aromatic heterocycles. The Bertz CT molecular complexity index is 586. The molecular weight excluding hydrogens is 300 g/mol. The summed E-state index contributed by atoms with van der Waals surface area (Å²) < 4.78 is 5.81. The Hall–Kier alpha value is -1.58. The Labute approximate surface area is 145 Å². The number of amides is 1. The topological polar surface area (TPSA) is 42.4 Å². The van der Waals surface area contributed by atoms with Crippen LogP contribution in [-0.2, 0) is 11.2 Å². The van der Waals surface area contributed by atoms with Crippen LogP contribution in [0.2, 0.25) is 0 Å². The highest BCUT2D eigenvalue weighted by atomic mass is 16.5. The molecule has 24 heavy (non-hydrogen) atoms. The van der Waals surface area contributed by atoms with Crippen LogP contribution >= 0.6 is 0 Å². The van der Waals surface area contributed by atoms with Crippen molar-refractivity contribution in [3.63, 3.8) is 0 Å². The van der Waals surface area contributed by atoms with Crippen LogP contribution in [0.5, 0.6) is 5.88 Å². The molecule has 4 heteroatoms. The predicted octanol–water partition coefficient (Wildman–Crippen LogP) is 3.98. The minimum absolute atomic E-state index is 0.257. The molecule has 0 atom stereocenters. The lowest BCUT2D eigenvalue weighted by molar-refractivity contribution is -0.130. The van der Waals surface area contributed by atoms with Crippen LogP contribution in [0.25, 0.3) is 0 Å². The SMILES string of the molecule is CC(C)(C)Oc1cccc(CCC(=O)N2CCC3(CCCC3)C2)n1. The number of aromatic nitrogens is 1. The fraction of sp³-hybridized carbons (Fsp3) is 0.700. The quantitative estimate of drug-likeness (QED) is 0.838. The molecule has 2 fully saturated rings. The zero-order valence-electron chi connectivity index (χ0n) is 15.3. The van der Waals surface area contributed by atoms with E-state index in [4.69, 9.17) is 4.74 Å². The van der Waals surface area contributed by atoms with Gasteiger partial charge in [-0.05, 0) is 57.9 Å². The van der Waals surface area contributed by atoms with Gasteiger partial charge < -0.3 is 9.64 Å². The van der Waals surface area contributed by atoms with E-state index in [-0.39, 0.29) is 11.5 Å². The number of rotatable bonds is 4. The molecule has 0 N–H and O–H groups in total. The summed E-state index contributed by atoms with van der Waals surface area (Å²) in [7, 11) is 0. The van der Waals surface area contributed by atoms with Gasteiger partial charge in [-0.25, -0.2) is 4.98 Å². The van der Waals surface area contributed by atoms with Crippen LogP contribution in [0.4, 0.5) is 0 Å². The molecule has 4 nitrogen and oxygen atoms in total. The minimum Gasteiger partial charge on any atom is -0.472 e. The van der Waals surface area contributed by atoms with Crippen molar-refractivity contribution in [1.82, 2.24) is 9.88 Å². The molecule has 1 amide bonds. The molecule has 1 saturated carbocycles. The summed E-state index contributed by atoms with van der Waals surface area (Å²) in [5.41, 5.74) is 1.13. The summed E-state index contributed by atoms with van der Waals surface area (Å²) in [5, 5.41) is 0. The molecule has 2 heterocycles. The predicted molar refractivity (Wildman–Crippen MR) is 95.0 cm³/mol. The number of carbonyl (C=O) groups excluding carboxylic acids is 1. The van der Waals surface area contributed by atoms with E-state index >= 15 is 0 Å². The van der Waals surface area contributed by atoms with Gasteiger partial charge in [0.2, 0.25) is 11.8 Å². The molecule has 0 radical (unpaired) electrons. The van der Waals surface area contributed by atoms with Crippen molar-refractivity contribution in [3.8, 4) is 5.88 Å². The third-order valence-corrected chi connectivity index (χ3v) is 5.24. The first-order valence-electron chi connectivity index (χ1n) is 9.28. The highest BCUT2D eigenvalue weighted by Crippen LogP contribution is 2.45. The van der Waals surface area contributed by atoms with Gasteiger partial charge in [-0.1, -0.05) is 18.9 Å². The van der Waals surface area contributed by atoms with Gasteiger partial charge in [0.1, 0.15) is 5.60 Å². The lowest BCUT2D eigenvalue weighted by atomic mass is 9.86. The largest absolute Gasteiger partial charge is 0.472 e. The zero-order chi connectivity index (χ0) is 17.2. The average molecular weight is 330 g/mol. The Morgan fingerprint density at radius 3 is 2.71 bits per heavy atom. The van der Waals surface area contributed by atoms with Crippen molar-refractivity contribution in [2.45, 2.75) is 71.3 Å². The molecule has 2 aliphatic rings. The van der Waals surface area contributed by atoms with E-state index in [1.165, 1.54) is 32.1 Å². The number of nitrogens with zero attached hydrogens (tertiary/aromatic N) is 2. The van der Waals surface area contributed by atoms with E-state index in [9.17, 15) is 4.79 Å². The van der Waals surface area contributed by atoms with Gasteiger partial charge in [0, 0.05) is 31.3 Å². The maximum atomic E-state index is 12.5. The van der Waals surface area contributed by atoms with Crippen LogP contribution in [0, 0.1) is 5.41 Å². The second-order valence-electron chi connectivity index (χ2n) is 8.45. The number of carbonyl (C=O) groups is 1. The Morgan fingerprint density at radius 2 is 2.00 bits per heavy atom. The first-order chi connectivity index (χ1) is 11.4. The van der Waals surface area contributed by atoms with Gasteiger partial charge >= 0.3 is 0 Å². The van der Waals surface area contributed by atoms with Crippen LogP contribution in [-0.4, -0.2) is 34.5 Å². The summed E-state index contributed by atoms with van der Waals surface area (Å²) in [5.74, 6) is 0.918. The number of hydrogen-bond acceptors (Lipinski definition) is 3. The van der Waals surface area contributed by atoms with E-state index in [2.05, 4.69) is 9.88 Å². The summed E-state index contributed by atoms with van der Waals surface area (Å²) in [6, 6.07) is 5.81. The second-order valence-corrected chi connectivity index (χ2v) is 8.45. The molecule has 0 bridgehead atoms. The number of pyridine rings is 1. The summed E-state index contributed by atoms with van der Waals surface area (Å²) in [4.78, 5) is 19.2. The fourth-order valence-electron chi connectivity index (χ4n) is 4.04. The zero-order valence-corrected chi connectivity index (χ0v) is 15.3. The first-order valence-corrected chi connectivity index (χ1v) is 9.28. The van der Waals surface area contributed by atoms with E-state index in [0.29, 0.717) is 24.1 Å². The highest BCUT2D eigenvalue weighted by molar-refractivity contribution is 5.76. The Morgan fingerprint density at radius 1 is 1.25 bits per heavy atom.